The summed E-state index contributed by atoms with van der Waals surface area (Å²) in [4.78, 5) is 16.5. The maximum Gasteiger partial charge on any atom is 0.275 e. The molecule has 2 aromatic rings. The summed E-state index contributed by atoms with van der Waals surface area (Å²) in [7, 11) is 0. The summed E-state index contributed by atoms with van der Waals surface area (Å²) in [6, 6.07) is 9.07. The molecular weight excluding hydrogens is 354 g/mol. The molecule has 0 saturated heterocycles. The van der Waals surface area contributed by atoms with Crippen molar-refractivity contribution in [1.29, 1.82) is 0 Å². The van der Waals surface area contributed by atoms with E-state index < -0.39 is 0 Å². The molecular formula is C15H15BrClN3O. The molecule has 0 unspecified atom stereocenters. The van der Waals surface area contributed by atoms with Crippen molar-refractivity contribution in [3.05, 3.63) is 51.1 Å². The van der Waals surface area contributed by atoms with Crippen LogP contribution in [0.2, 0.25) is 5.02 Å². The molecule has 6 heteroatoms. The molecule has 4 nitrogen and oxygen atoms in total. The third kappa shape index (κ3) is 4.19. The first-order valence-corrected chi connectivity index (χ1v) is 7.65. The summed E-state index contributed by atoms with van der Waals surface area (Å²) in [5.41, 5.74) is 1.94. The van der Waals surface area contributed by atoms with Crippen molar-refractivity contribution in [2.45, 2.75) is 13.8 Å². The van der Waals surface area contributed by atoms with Crippen LogP contribution in [-0.2, 0) is 0 Å². The molecule has 0 bridgehead atoms. The van der Waals surface area contributed by atoms with Gasteiger partial charge in [-0.15, -0.1) is 0 Å². The summed E-state index contributed by atoms with van der Waals surface area (Å²) >= 11 is 9.46. The second-order valence-corrected chi connectivity index (χ2v) is 5.85. The van der Waals surface area contributed by atoms with E-state index in [0.29, 0.717) is 16.5 Å². The number of pyridine rings is 1. The molecule has 1 aromatic heterocycles. The maximum absolute atomic E-state index is 12.3. The number of carbonyl (C=O) groups excluding carboxylic acids is 1. The van der Waals surface area contributed by atoms with Crippen LogP contribution < -0.4 is 10.6 Å². The first-order chi connectivity index (χ1) is 9.99. The van der Waals surface area contributed by atoms with Gasteiger partial charge in [0.05, 0.1) is 5.02 Å². The number of anilines is 2. The van der Waals surface area contributed by atoms with Crippen molar-refractivity contribution in [3.8, 4) is 0 Å². The minimum absolute atomic E-state index is 0.202. The molecule has 0 radical (unpaired) electrons. The highest BCUT2D eigenvalue weighted by atomic mass is 79.9. The molecule has 0 aliphatic carbocycles. The van der Waals surface area contributed by atoms with E-state index in [0.717, 1.165) is 16.6 Å². The third-order valence-corrected chi connectivity index (χ3v) is 3.48. The lowest BCUT2D eigenvalue weighted by Gasteiger charge is -2.09. The van der Waals surface area contributed by atoms with Gasteiger partial charge in [-0.05, 0) is 49.7 Å². The Bertz CT molecular complexity index is 656. The molecule has 0 aliphatic rings. The summed E-state index contributed by atoms with van der Waals surface area (Å²) in [6.45, 7) is 4.64. The van der Waals surface area contributed by atoms with Crippen molar-refractivity contribution in [3.63, 3.8) is 0 Å². The van der Waals surface area contributed by atoms with Crippen LogP contribution in [0.25, 0.3) is 0 Å². The molecule has 0 saturated carbocycles. The van der Waals surface area contributed by atoms with Gasteiger partial charge in [-0.2, -0.15) is 0 Å². The Morgan fingerprint density at radius 1 is 1.33 bits per heavy atom. The SMILES string of the molecule is CCNc1ccc(Cl)c(C(=O)Nc2cc(C)cc(Br)c2)n1. The number of halogens is 2. The second kappa shape index (κ2) is 6.91. The van der Waals surface area contributed by atoms with Gasteiger partial charge in [0.15, 0.2) is 0 Å². The van der Waals surface area contributed by atoms with Gasteiger partial charge in [0.25, 0.3) is 5.91 Å². The second-order valence-electron chi connectivity index (χ2n) is 4.53. The van der Waals surface area contributed by atoms with E-state index in [1.165, 1.54) is 0 Å². The van der Waals surface area contributed by atoms with E-state index >= 15 is 0 Å². The van der Waals surface area contributed by atoms with Crippen LogP contribution in [0.4, 0.5) is 11.5 Å². The van der Waals surface area contributed by atoms with E-state index in [-0.39, 0.29) is 11.6 Å². The quantitative estimate of drug-likeness (QED) is 0.836. The Balaban J connectivity index is 2.25. The number of nitrogens with one attached hydrogen (secondary N) is 2. The minimum Gasteiger partial charge on any atom is -0.370 e. The topological polar surface area (TPSA) is 54.0 Å². The predicted octanol–water partition coefficient (Wildman–Crippen LogP) is 4.49. The van der Waals surface area contributed by atoms with Crippen LogP contribution in [0, 0.1) is 6.92 Å². The number of benzene rings is 1. The smallest absolute Gasteiger partial charge is 0.275 e. The van der Waals surface area contributed by atoms with Crippen LogP contribution in [-0.4, -0.2) is 17.4 Å². The lowest BCUT2D eigenvalue weighted by Crippen LogP contribution is -2.15. The van der Waals surface area contributed by atoms with Crippen molar-refractivity contribution in [2.24, 2.45) is 0 Å². The number of nitrogens with zero attached hydrogens (tertiary/aromatic N) is 1. The highest BCUT2D eigenvalue weighted by Crippen LogP contribution is 2.22. The van der Waals surface area contributed by atoms with Gasteiger partial charge in [0, 0.05) is 16.7 Å². The molecule has 1 amide bonds. The first kappa shape index (κ1) is 15.8. The number of carbonyl (C=O) groups is 1. The Labute approximate surface area is 137 Å². The molecule has 0 fully saturated rings. The zero-order chi connectivity index (χ0) is 15.4. The summed E-state index contributed by atoms with van der Waals surface area (Å²) in [6.07, 6.45) is 0. The molecule has 1 aromatic carbocycles. The first-order valence-electron chi connectivity index (χ1n) is 6.48. The van der Waals surface area contributed by atoms with Gasteiger partial charge in [-0.3, -0.25) is 4.79 Å². The van der Waals surface area contributed by atoms with Gasteiger partial charge >= 0.3 is 0 Å². The molecule has 2 N–H and O–H groups in total. The van der Waals surface area contributed by atoms with Gasteiger partial charge in [0.2, 0.25) is 0 Å². The van der Waals surface area contributed by atoms with Crippen molar-refractivity contribution >= 4 is 44.9 Å². The maximum atomic E-state index is 12.3. The van der Waals surface area contributed by atoms with Crippen LogP contribution in [0.3, 0.4) is 0 Å². The van der Waals surface area contributed by atoms with E-state index in [1.54, 1.807) is 12.1 Å². The Morgan fingerprint density at radius 2 is 2.10 bits per heavy atom. The molecule has 0 spiro atoms. The highest BCUT2D eigenvalue weighted by Gasteiger charge is 2.14. The number of hydrogen-bond donors (Lipinski definition) is 2. The van der Waals surface area contributed by atoms with Crippen LogP contribution in [0.5, 0.6) is 0 Å². The largest absolute Gasteiger partial charge is 0.370 e. The molecule has 1 heterocycles. The van der Waals surface area contributed by atoms with Crippen molar-refractivity contribution in [2.75, 3.05) is 17.2 Å². The van der Waals surface area contributed by atoms with Crippen LogP contribution in [0.15, 0.2) is 34.8 Å². The Kier molecular flexibility index (Phi) is 5.20. The number of hydrogen-bond acceptors (Lipinski definition) is 3. The molecule has 110 valence electrons. The zero-order valence-electron chi connectivity index (χ0n) is 11.7. The number of amides is 1. The van der Waals surface area contributed by atoms with Crippen molar-refractivity contribution in [1.82, 2.24) is 4.98 Å². The lowest BCUT2D eigenvalue weighted by molar-refractivity contribution is 0.102. The van der Waals surface area contributed by atoms with Gasteiger partial charge in [-0.25, -0.2) is 4.98 Å². The summed E-state index contributed by atoms with van der Waals surface area (Å²) in [5.74, 6) is 0.287. The number of rotatable bonds is 4. The van der Waals surface area contributed by atoms with E-state index in [4.69, 9.17) is 11.6 Å². The fraction of sp³-hybridized carbons (Fsp3) is 0.200. The van der Waals surface area contributed by atoms with Crippen LogP contribution in [0.1, 0.15) is 23.0 Å². The minimum atomic E-state index is -0.336. The zero-order valence-corrected chi connectivity index (χ0v) is 14.0. The number of aromatic nitrogens is 1. The van der Waals surface area contributed by atoms with Crippen LogP contribution >= 0.6 is 27.5 Å². The van der Waals surface area contributed by atoms with E-state index in [1.807, 2.05) is 32.0 Å². The van der Waals surface area contributed by atoms with E-state index in [2.05, 4.69) is 31.5 Å². The van der Waals surface area contributed by atoms with Crippen molar-refractivity contribution < 1.29 is 4.79 Å². The molecule has 21 heavy (non-hydrogen) atoms. The highest BCUT2D eigenvalue weighted by molar-refractivity contribution is 9.10. The summed E-state index contributed by atoms with van der Waals surface area (Å²) < 4.78 is 0.901. The molecule has 0 atom stereocenters. The monoisotopic (exact) mass is 367 g/mol. The normalized spacial score (nSPS) is 10.3. The lowest BCUT2D eigenvalue weighted by atomic mass is 10.2. The molecule has 2 rings (SSSR count). The Hall–Kier alpha value is -1.59. The van der Waals surface area contributed by atoms with Gasteiger partial charge < -0.3 is 10.6 Å². The van der Waals surface area contributed by atoms with Gasteiger partial charge in [-0.1, -0.05) is 27.5 Å². The molecule has 0 aliphatic heterocycles. The fourth-order valence-electron chi connectivity index (χ4n) is 1.88. The Morgan fingerprint density at radius 3 is 2.76 bits per heavy atom. The average Bonchev–Trinajstić information content (AvgIpc) is 2.40. The fourth-order valence-corrected chi connectivity index (χ4v) is 2.68. The standard InChI is InChI=1S/C15H15BrClN3O/c1-3-18-13-5-4-12(17)14(20-13)15(21)19-11-7-9(2)6-10(16)8-11/h4-8H,3H2,1-2H3,(H,18,20)(H,19,21). The predicted molar refractivity (Wildman–Crippen MR) is 90.2 cm³/mol. The number of aryl methyl sites for hydroxylation is 1. The average molecular weight is 369 g/mol. The summed E-state index contributed by atoms with van der Waals surface area (Å²) in [5, 5.41) is 6.18. The third-order valence-electron chi connectivity index (χ3n) is 2.72. The van der Waals surface area contributed by atoms with Gasteiger partial charge in [0.1, 0.15) is 11.5 Å². The van der Waals surface area contributed by atoms with E-state index in [9.17, 15) is 4.79 Å².